The van der Waals surface area contributed by atoms with Gasteiger partial charge in [-0.05, 0) is 29.5 Å². The van der Waals surface area contributed by atoms with Gasteiger partial charge in [-0.1, -0.05) is 38.1 Å². The molecule has 0 saturated heterocycles. The Kier molecular flexibility index (Phi) is 7.70. The minimum atomic E-state index is -0.902. The largest absolute Gasteiger partial charge is 0.454 e. The van der Waals surface area contributed by atoms with Gasteiger partial charge in [-0.2, -0.15) is 0 Å². The van der Waals surface area contributed by atoms with Crippen LogP contribution in [0.5, 0.6) is 0 Å². The molecular formula is C19H21N3O5S. The average molecular weight is 403 g/mol. The summed E-state index contributed by atoms with van der Waals surface area (Å²) in [7, 11) is 0. The van der Waals surface area contributed by atoms with Crippen molar-refractivity contribution < 1.29 is 23.9 Å². The highest BCUT2D eigenvalue weighted by molar-refractivity contribution is 7.12. The molecule has 0 aliphatic rings. The van der Waals surface area contributed by atoms with E-state index in [1.165, 1.54) is 11.3 Å². The van der Waals surface area contributed by atoms with E-state index in [9.17, 15) is 19.2 Å². The lowest BCUT2D eigenvalue weighted by atomic mass is 10.0. The molecule has 28 heavy (non-hydrogen) atoms. The number of carbonyl (C=O) groups is 4. The van der Waals surface area contributed by atoms with Crippen molar-refractivity contribution in [3.8, 4) is 0 Å². The van der Waals surface area contributed by atoms with Gasteiger partial charge in [0, 0.05) is 5.56 Å². The maximum Gasteiger partial charge on any atom is 0.329 e. The van der Waals surface area contributed by atoms with Crippen molar-refractivity contribution in [2.24, 2.45) is 5.92 Å². The molecule has 1 aromatic heterocycles. The summed E-state index contributed by atoms with van der Waals surface area (Å²) in [4.78, 5) is 48.5. The molecule has 2 rings (SSSR count). The molecule has 1 atom stereocenters. The number of hydrogen-bond donors (Lipinski definition) is 3. The van der Waals surface area contributed by atoms with Crippen LogP contribution in [0, 0.1) is 5.92 Å². The predicted molar refractivity (Wildman–Crippen MR) is 103 cm³/mol. The van der Waals surface area contributed by atoms with Crippen LogP contribution in [0.3, 0.4) is 0 Å². The Labute approximate surface area is 166 Å². The normalized spacial score (nSPS) is 11.4. The quantitative estimate of drug-likeness (QED) is 0.479. The summed E-state index contributed by atoms with van der Waals surface area (Å²) in [5.74, 6) is -2.56. The molecule has 148 valence electrons. The number of nitrogens with one attached hydrogen (secondary N) is 3. The molecule has 1 heterocycles. The molecule has 0 bridgehead atoms. The third-order valence-corrected chi connectivity index (χ3v) is 4.52. The molecule has 0 spiro atoms. The first-order chi connectivity index (χ1) is 13.4. The molecule has 0 unspecified atom stereocenters. The summed E-state index contributed by atoms with van der Waals surface area (Å²) in [6, 6.07) is 10.8. The second kappa shape index (κ2) is 10.2. The number of amides is 3. The van der Waals surface area contributed by atoms with Crippen molar-refractivity contribution >= 4 is 35.0 Å². The fourth-order valence-electron chi connectivity index (χ4n) is 2.17. The molecule has 3 N–H and O–H groups in total. The highest BCUT2D eigenvalue weighted by Crippen LogP contribution is 2.11. The van der Waals surface area contributed by atoms with Crippen LogP contribution in [-0.4, -0.2) is 36.3 Å². The van der Waals surface area contributed by atoms with Crippen LogP contribution in [0.25, 0.3) is 0 Å². The number of benzene rings is 1. The second-order valence-electron chi connectivity index (χ2n) is 6.15. The number of ether oxygens (including phenoxy) is 1. The van der Waals surface area contributed by atoms with Crippen molar-refractivity contribution in [1.82, 2.24) is 16.2 Å². The van der Waals surface area contributed by atoms with Crippen LogP contribution >= 0.6 is 11.3 Å². The molecule has 2 aromatic rings. The summed E-state index contributed by atoms with van der Waals surface area (Å²) < 4.78 is 4.97. The zero-order chi connectivity index (χ0) is 20.5. The first-order valence-corrected chi connectivity index (χ1v) is 9.41. The van der Waals surface area contributed by atoms with Crippen molar-refractivity contribution in [1.29, 1.82) is 0 Å². The predicted octanol–water partition coefficient (Wildman–Crippen LogP) is 1.51. The highest BCUT2D eigenvalue weighted by Gasteiger charge is 2.27. The van der Waals surface area contributed by atoms with Gasteiger partial charge in [0.25, 0.3) is 17.7 Å². The summed E-state index contributed by atoms with van der Waals surface area (Å²) >= 11 is 1.25. The lowest BCUT2D eigenvalue weighted by Crippen LogP contribution is -2.47. The van der Waals surface area contributed by atoms with Crippen LogP contribution in [0.2, 0.25) is 0 Å². The van der Waals surface area contributed by atoms with E-state index in [0.717, 1.165) is 0 Å². The number of hydrazine groups is 1. The fraction of sp³-hybridized carbons (Fsp3) is 0.263. The molecule has 0 saturated carbocycles. The van der Waals surface area contributed by atoms with Gasteiger partial charge in [-0.15, -0.1) is 11.3 Å². The Bertz CT molecular complexity index is 821. The standard InChI is InChI=1S/C19H21N3O5S/c1-12(2)16(20-18(25)14-9-6-10-28-14)19(26)27-11-15(23)21-22-17(24)13-7-4-3-5-8-13/h3-10,12,16H,11H2,1-2H3,(H,20,25)(H,21,23)(H,22,24)/t16-/m0/s1. The van der Waals surface area contributed by atoms with E-state index < -0.39 is 30.4 Å². The lowest BCUT2D eigenvalue weighted by Gasteiger charge is -2.20. The third-order valence-electron chi connectivity index (χ3n) is 3.65. The molecular weight excluding hydrogens is 382 g/mol. The van der Waals surface area contributed by atoms with Gasteiger partial charge in [-0.25, -0.2) is 4.79 Å². The molecule has 0 aliphatic carbocycles. The Balaban J connectivity index is 1.80. The molecule has 3 amide bonds. The lowest BCUT2D eigenvalue weighted by molar-refractivity contribution is -0.151. The van der Waals surface area contributed by atoms with E-state index in [1.54, 1.807) is 61.7 Å². The van der Waals surface area contributed by atoms with Gasteiger partial charge in [0.15, 0.2) is 6.61 Å². The Hall–Kier alpha value is -3.20. The molecule has 0 radical (unpaired) electrons. The molecule has 8 nitrogen and oxygen atoms in total. The van der Waals surface area contributed by atoms with E-state index in [1.807, 2.05) is 0 Å². The summed E-state index contributed by atoms with van der Waals surface area (Å²) in [6.45, 7) is 2.91. The van der Waals surface area contributed by atoms with E-state index in [2.05, 4.69) is 16.2 Å². The molecule has 0 fully saturated rings. The molecule has 9 heteroatoms. The van der Waals surface area contributed by atoms with Gasteiger partial charge < -0.3 is 10.1 Å². The zero-order valence-electron chi connectivity index (χ0n) is 15.4. The second-order valence-corrected chi connectivity index (χ2v) is 7.10. The van der Waals surface area contributed by atoms with Crippen LogP contribution in [0.4, 0.5) is 0 Å². The minimum Gasteiger partial charge on any atom is -0.454 e. The van der Waals surface area contributed by atoms with Gasteiger partial charge >= 0.3 is 5.97 Å². The fourth-order valence-corrected chi connectivity index (χ4v) is 2.80. The third kappa shape index (κ3) is 6.20. The van der Waals surface area contributed by atoms with Gasteiger partial charge in [0.2, 0.25) is 0 Å². The Morgan fingerprint density at radius 2 is 1.68 bits per heavy atom. The van der Waals surface area contributed by atoms with E-state index >= 15 is 0 Å². The topological polar surface area (TPSA) is 114 Å². The molecule has 1 aromatic carbocycles. The molecule has 0 aliphatic heterocycles. The maximum atomic E-state index is 12.3. The monoisotopic (exact) mass is 403 g/mol. The van der Waals surface area contributed by atoms with E-state index in [0.29, 0.717) is 10.4 Å². The maximum absolute atomic E-state index is 12.3. The summed E-state index contributed by atoms with van der Waals surface area (Å²) in [5, 5.41) is 4.37. The van der Waals surface area contributed by atoms with E-state index in [-0.39, 0.29) is 11.8 Å². The van der Waals surface area contributed by atoms with Crippen LogP contribution < -0.4 is 16.2 Å². The van der Waals surface area contributed by atoms with Gasteiger partial charge in [0.1, 0.15) is 6.04 Å². The number of thiophene rings is 1. The van der Waals surface area contributed by atoms with Crippen LogP contribution in [-0.2, 0) is 14.3 Å². The van der Waals surface area contributed by atoms with Crippen molar-refractivity contribution in [2.75, 3.05) is 6.61 Å². The number of carbonyl (C=O) groups excluding carboxylic acids is 4. The van der Waals surface area contributed by atoms with Crippen LogP contribution in [0.15, 0.2) is 47.8 Å². The summed E-state index contributed by atoms with van der Waals surface area (Å²) in [5.41, 5.74) is 4.76. The van der Waals surface area contributed by atoms with Crippen molar-refractivity contribution in [3.05, 3.63) is 58.3 Å². The zero-order valence-corrected chi connectivity index (χ0v) is 16.2. The average Bonchev–Trinajstić information content (AvgIpc) is 3.23. The Morgan fingerprint density at radius 1 is 0.964 bits per heavy atom. The number of hydrogen-bond acceptors (Lipinski definition) is 6. The van der Waals surface area contributed by atoms with Crippen molar-refractivity contribution in [3.63, 3.8) is 0 Å². The first-order valence-electron chi connectivity index (χ1n) is 8.53. The highest BCUT2D eigenvalue weighted by atomic mass is 32.1. The van der Waals surface area contributed by atoms with Crippen molar-refractivity contribution in [2.45, 2.75) is 19.9 Å². The first kappa shape index (κ1) is 21.1. The van der Waals surface area contributed by atoms with Gasteiger partial charge in [0.05, 0.1) is 4.88 Å². The van der Waals surface area contributed by atoms with Crippen LogP contribution in [0.1, 0.15) is 33.9 Å². The SMILES string of the molecule is CC(C)[C@H](NC(=O)c1cccs1)C(=O)OCC(=O)NNC(=O)c1ccccc1. The van der Waals surface area contributed by atoms with E-state index in [4.69, 9.17) is 4.74 Å². The minimum absolute atomic E-state index is 0.239. The van der Waals surface area contributed by atoms with Gasteiger partial charge in [-0.3, -0.25) is 25.2 Å². The number of esters is 1. The smallest absolute Gasteiger partial charge is 0.329 e. The summed E-state index contributed by atoms with van der Waals surface area (Å²) in [6.07, 6.45) is 0. The number of rotatable bonds is 7. The Morgan fingerprint density at radius 3 is 2.29 bits per heavy atom.